The fraction of sp³-hybridized carbons (Fsp3) is 0.667. The van der Waals surface area contributed by atoms with Gasteiger partial charge >= 0.3 is 11.9 Å². The lowest BCUT2D eigenvalue weighted by atomic mass is 9.60. The monoisotopic (exact) mass is 501 g/mol. The largest absolute Gasteiger partial charge is 0.458 e. The number of likely N-dealkylation sites (tertiary alicyclic amines) is 1. The van der Waals surface area contributed by atoms with Gasteiger partial charge in [0.1, 0.15) is 18.0 Å². The number of carbonyl (C=O) groups excluding carboxylic acids is 5. The molecular formula is C27H35NO8. The van der Waals surface area contributed by atoms with Gasteiger partial charge in [0, 0.05) is 44.4 Å². The van der Waals surface area contributed by atoms with Crippen LogP contribution in [0.1, 0.15) is 59.3 Å². The lowest BCUT2D eigenvalue weighted by molar-refractivity contribution is -0.160. The van der Waals surface area contributed by atoms with Crippen molar-refractivity contribution in [2.75, 3.05) is 33.4 Å². The van der Waals surface area contributed by atoms with Gasteiger partial charge in [0.2, 0.25) is 11.6 Å². The van der Waals surface area contributed by atoms with Crippen molar-refractivity contribution in [3.63, 3.8) is 0 Å². The van der Waals surface area contributed by atoms with Gasteiger partial charge in [0.15, 0.2) is 0 Å². The maximum atomic E-state index is 13.4. The Balaban J connectivity index is 1.87. The summed E-state index contributed by atoms with van der Waals surface area (Å²) in [6.45, 7) is 6.60. The first-order chi connectivity index (χ1) is 17.0. The van der Waals surface area contributed by atoms with E-state index in [1.807, 2.05) is 6.92 Å². The Morgan fingerprint density at radius 2 is 1.86 bits per heavy atom. The average molecular weight is 502 g/mol. The first-order valence-corrected chi connectivity index (χ1v) is 12.7. The van der Waals surface area contributed by atoms with Gasteiger partial charge in [0.25, 0.3) is 0 Å². The summed E-state index contributed by atoms with van der Waals surface area (Å²) in [5.41, 5.74) is -1.36. The van der Waals surface area contributed by atoms with Gasteiger partial charge in [0.05, 0.1) is 17.6 Å². The van der Waals surface area contributed by atoms with Crippen LogP contribution in [0.25, 0.3) is 0 Å². The van der Waals surface area contributed by atoms with Crippen molar-refractivity contribution in [2.45, 2.75) is 71.5 Å². The smallest absolute Gasteiger partial charge is 0.336 e. The molecule has 0 amide bonds. The Hall–Kier alpha value is -2.65. The third-order valence-corrected chi connectivity index (χ3v) is 8.29. The van der Waals surface area contributed by atoms with Crippen molar-refractivity contribution in [1.82, 2.24) is 4.90 Å². The van der Waals surface area contributed by atoms with Gasteiger partial charge in [-0.05, 0) is 57.3 Å². The number of ketones is 3. The Kier molecular flexibility index (Phi) is 7.35. The van der Waals surface area contributed by atoms with Crippen molar-refractivity contribution in [1.29, 1.82) is 0 Å². The summed E-state index contributed by atoms with van der Waals surface area (Å²) < 4.78 is 17.0. The molecular weight excluding hydrogens is 466 g/mol. The van der Waals surface area contributed by atoms with Crippen LogP contribution in [-0.2, 0) is 38.2 Å². The number of methoxy groups -OCH3 is 1. The molecule has 4 unspecified atom stereocenters. The fourth-order valence-electron chi connectivity index (χ4n) is 6.29. The van der Waals surface area contributed by atoms with E-state index in [0.29, 0.717) is 18.4 Å². The van der Waals surface area contributed by atoms with Crippen LogP contribution in [0.3, 0.4) is 0 Å². The van der Waals surface area contributed by atoms with Gasteiger partial charge in [-0.25, -0.2) is 4.79 Å². The number of rotatable bonds is 8. The zero-order chi connectivity index (χ0) is 26.3. The van der Waals surface area contributed by atoms with E-state index in [9.17, 15) is 24.0 Å². The minimum atomic E-state index is -1.26. The summed E-state index contributed by atoms with van der Waals surface area (Å²) in [7, 11) is 1.46. The van der Waals surface area contributed by atoms with Crippen molar-refractivity contribution in [3.8, 4) is 0 Å². The van der Waals surface area contributed by atoms with E-state index in [2.05, 4.69) is 4.90 Å². The molecule has 1 saturated carbocycles. The molecule has 4 aliphatic rings. The fourth-order valence-corrected chi connectivity index (χ4v) is 6.29. The maximum Gasteiger partial charge on any atom is 0.336 e. The van der Waals surface area contributed by atoms with Crippen LogP contribution >= 0.6 is 0 Å². The Morgan fingerprint density at radius 3 is 2.44 bits per heavy atom. The summed E-state index contributed by atoms with van der Waals surface area (Å²) in [5.74, 6) is -2.65. The first-order valence-electron chi connectivity index (χ1n) is 12.7. The second-order valence-corrected chi connectivity index (χ2v) is 10.8. The molecule has 2 aliphatic carbocycles. The quantitative estimate of drug-likeness (QED) is 0.364. The molecule has 2 aliphatic heterocycles. The predicted octanol–water partition coefficient (Wildman–Crippen LogP) is 2.12. The Labute approximate surface area is 211 Å². The first kappa shape index (κ1) is 26.4. The van der Waals surface area contributed by atoms with Crippen LogP contribution in [0.5, 0.6) is 0 Å². The van der Waals surface area contributed by atoms with Gasteiger partial charge in [-0.1, -0.05) is 6.92 Å². The minimum absolute atomic E-state index is 0.0233. The summed E-state index contributed by atoms with van der Waals surface area (Å²) in [6, 6.07) is 0. The molecule has 0 bridgehead atoms. The molecule has 0 N–H and O–H groups in total. The number of hydrogen-bond donors (Lipinski definition) is 0. The molecule has 0 radical (unpaired) electrons. The van der Waals surface area contributed by atoms with Crippen LogP contribution in [0.15, 0.2) is 22.8 Å². The molecule has 0 spiro atoms. The number of cyclic esters (lactones) is 1. The Morgan fingerprint density at radius 1 is 1.17 bits per heavy atom. The number of carbonyl (C=O) groups is 5. The van der Waals surface area contributed by atoms with Gasteiger partial charge in [-0.15, -0.1) is 0 Å². The molecule has 4 atom stereocenters. The van der Waals surface area contributed by atoms with E-state index in [1.165, 1.54) is 20.1 Å². The van der Waals surface area contributed by atoms with Gasteiger partial charge in [-0.3, -0.25) is 24.1 Å². The standard InChI is InChI=1S/C27H35NO8/c1-16(29)35-20(13-26(2)9-7-8-21(26)31)18-12-19(30)24(32)23-17(14-28-10-5-6-11-28)25(33)36-22(15-34-4)27(18,23)3/h12,20,22H,5-11,13-15H2,1-4H3. The summed E-state index contributed by atoms with van der Waals surface area (Å²) in [5, 5.41) is 0. The molecule has 1 saturated heterocycles. The number of Topliss-reactive ketones (excluding diaryl/α,β-unsaturated/α-hetero) is 2. The van der Waals surface area contributed by atoms with Crippen LogP contribution < -0.4 is 0 Å². The van der Waals surface area contributed by atoms with E-state index in [-0.39, 0.29) is 36.5 Å². The van der Waals surface area contributed by atoms with Gasteiger partial charge in [-0.2, -0.15) is 0 Å². The lowest BCUT2D eigenvalue weighted by Gasteiger charge is -2.48. The molecule has 196 valence electrons. The molecule has 0 aromatic heterocycles. The molecule has 4 rings (SSSR count). The molecule has 9 nitrogen and oxygen atoms in total. The highest BCUT2D eigenvalue weighted by atomic mass is 16.6. The molecule has 2 fully saturated rings. The van der Waals surface area contributed by atoms with Crippen molar-refractivity contribution >= 4 is 29.3 Å². The number of fused-ring (bicyclic) bond motifs is 1. The third kappa shape index (κ3) is 4.59. The number of hydrogen-bond acceptors (Lipinski definition) is 9. The number of allylic oxidation sites excluding steroid dienone is 1. The average Bonchev–Trinajstić information content (AvgIpc) is 3.43. The van der Waals surface area contributed by atoms with Crippen molar-refractivity contribution in [3.05, 3.63) is 22.8 Å². The summed E-state index contributed by atoms with van der Waals surface area (Å²) in [4.78, 5) is 66.7. The van der Waals surface area contributed by atoms with Crippen LogP contribution in [0.4, 0.5) is 0 Å². The summed E-state index contributed by atoms with van der Waals surface area (Å²) >= 11 is 0. The SMILES string of the molecule is COCC1OC(=O)C(CN2CCCC2)=C2C(=O)C(=O)C=C(C(CC3(C)CCCC3=O)OC(C)=O)C21C. The molecule has 0 aromatic rings. The van der Waals surface area contributed by atoms with Crippen molar-refractivity contribution in [2.24, 2.45) is 10.8 Å². The lowest BCUT2D eigenvalue weighted by Crippen LogP contribution is -2.55. The normalized spacial score (nSPS) is 31.9. The van der Waals surface area contributed by atoms with Crippen LogP contribution in [-0.4, -0.2) is 79.7 Å². The maximum absolute atomic E-state index is 13.4. The number of esters is 2. The summed E-state index contributed by atoms with van der Waals surface area (Å²) in [6.07, 6.45) is 3.34. The predicted molar refractivity (Wildman–Crippen MR) is 128 cm³/mol. The van der Waals surface area contributed by atoms with Gasteiger partial charge < -0.3 is 14.2 Å². The van der Waals surface area contributed by atoms with Crippen molar-refractivity contribution < 1.29 is 38.2 Å². The van der Waals surface area contributed by atoms with E-state index >= 15 is 0 Å². The highest BCUT2D eigenvalue weighted by molar-refractivity contribution is 6.49. The molecule has 9 heteroatoms. The Bertz CT molecular complexity index is 1050. The zero-order valence-electron chi connectivity index (χ0n) is 21.5. The van der Waals surface area contributed by atoms with E-state index in [4.69, 9.17) is 14.2 Å². The second-order valence-electron chi connectivity index (χ2n) is 10.8. The van der Waals surface area contributed by atoms with E-state index in [1.54, 1.807) is 6.92 Å². The highest BCUT2D eigenvalue weighted by Gasteiger charge is 2.58. The van der Waals surface area contributed by atoms with E-state index < -0.39 is 46.5 Å². The van der Waals surface area contributed by atoms with Crippen LogP contribution in [0, 0.1) is 10.8 Å². The molecule has 0 aromatic carbocycles. The number of ether oxygens (including phenoxy) is 3. The zero-order valence-corrected chi connectivity index (χ0v) is 21.5. The molecule has 36 heavy (non-hydrogen) atoms. The highest BCUT2D eigenvalue weighted by Crippen LogP contribution is 2.52. The van der Waals surface area contributed by atoms with Crippen LogP contribution in [0.2, 0.25) is 0 Å². The second kappa shape index (κ2) is 10.0. The molecule has 2 heterocycles. The third-order valence-electron chi connectivity index (χ3n) is 8.29. The topological polar surface area (TPSA) is 116 Å². The number of nitrogens with zero attached hydrogens (tertiary/aromatic N) is 1. The van der Waals surface area contributed by atoms with E-state index in [0.717, 1.165) is 32.4 Å². The minimum Gasteiger partial charge on any atom is -0.458 e.